The molecular formula is C56H33NO. The van der Waals surface area contributed by atoms with Gasteiger partial charge in [-0.15, -0.1) is 0 Å². The van der Waals surface area contributed by atoms with E-state index in [0.717, 1.165) is 54.7 Å². The number of aromatic nitrogens is 1. The van der Waals surface area contributed by atoms with E-state index >= 15 is 4.79 Å². The second kappa shape index (κ2) is 11.5. The van der Waals surface area contributed by atoms with Crippen molar-refractivity contribution in [3.63, 3.8) is 0 Å². The van der Waals surface area contributed by atoms with Crippen LogP contribution in [0.15, 0.2) is 205 Å². The molecule has 0 bridgehead atoms. The molecule has 2 aliphatic rings. The lowest BCUT2D eigenvalue weighted by molar-refractivity contribution is 0.794. The van der Waals surface area contributed by atoms with Gasteiger partial charge in [-0.2, -0.15) is 0 Å². The van der Waals surface area contributed by atoms with Gasteiger partial charge in [-0.3, -0.25) is 9.20 Å². The van der Waals surface area contributed by atoms with Gasteiger partial charge in [-0.25, -0.2) is 0 Å². The molecule has 9 aromatic carbocycles. The molecule has 11 aromatic rings. The molecule has 2 aliphatic carbocycles. The highest BCUT2D eigenvalue weighted by atomic mass is 16.1. The van der Waals surface area contributed by atoms with Crippen LogP contribution in [0.25, 0.3) is 93.6 Å². The molecule has 0 atom stereocenters. The van der Waals surface area contributed by atoms with E-state index in [2.05, 4.69) is 192 Å². The second-order valence-corrected chi connectivity index (χ2v) is 15.9. The van der Waals surface area contributed by atoms with Gasteiger partial charge in [-0.05, 0) is 114 Å². The van der Waals surface area contributed by atoms with Gasteiger partial charge in [0.25, 0.3) is 5.56 Å². The lowest BCUT2D eigenvalue weighted by atomic mass is 9.70. The first-order valence-corrected chi connectivity index (χ1v) is 20.1. The SMILES string of the molecule is O=c1c2ccccc2c2cc(-c3cc(-c4ccccc4)cc(-c4ccccc4)c3)cc3c4ccc5c(c4n1c23)-c1ccccc1C51c2ccccc2-c2ccccc21. The summed E-state index contributed by atoms with van der Waals surface area (Å²) in [6.07, 6.45) is 0. The number of hydrogen-bond donors (Lipinski definition) is 0. The van der Waals surface area contributed by atoms with E-state index in [0.29, 0.717) is 0 Å². The first-order chi connectivity index (χ1) is 28.7. The van der Waals surface area contributed by atoms with Crippen molar-refractivity contribution in [1.29, 1.82) is 0 Å². The molecule has 13 rings (SSSR count). The van der Waals surface area contributed by atoms with Crippen LogP contribution in [0.5, 0.6) is 0 Å². The van der Waals surface area contributed by atoms with E-state index in [1.807, 2.05) is 12.1 Å². The summed E-state index contributed by atoms with van der Waals surface area (Å²) in [5.74, 6) is 0. The van der Waals surface area contributed by atoms with E-state index in [1.165, 1.54) is 61.2 Å². The molecule has 0 unspecified atom stereocenters. The second-order valence-electron chi connectivity index (χ2n) is 15.9. The fourth-order valence-electron chi connectivity index (χ4n) is 10.8. The Bertz CT molecular complexity index is 3470. The van der Waals surface area contributed by atoms with Crippen LogP contribution < -0.4 is 5.56 Å². The molecule has 0 saturated heterocycles. The highest BCUT2D eigenvalue weighted by Crippen LogP contribution is 2.64. The van der Waals surface area contributed by atoms with Gasteiger partial charge in [0.15, 0.2) is 0 Å². The third kappa shape index (κ3) is 3.99. The van der Waals surface area contributed by atoms with E-state index in [4.69, 9.17) is 0 Å². The average molecular weight is 736 g/mol. The minimum atomic E-state index is -0.501. The van der Waals surface area contributed by atoms with Crippen molar-refractivity contribution in [1.82, 2.24) is 4.40 Å². The summed E-state index contributed by atoms with van der Waals surface area (Å²) in [6.45, 7) is 0. The minimum Gasteiger partial charge on any atom is -0.274 e. The van der Waals surface area contributed by atoms with Crippen LogP contribution in [0.2, 0.25) is 0 Å². The summed E-state index contributed by atoms with van der Waals surface area (Å²) in [6, 6.07) is 72.4. The molecule has 0 aliphatic heterocycles. The molecule has 0 fully saturated rings. The molecule has 1 spiro atoms. The average Bonchev–Trinajstić information content (AvgIpc) is 3.91. The van der Waals surface area contributed by atoms with E-state index in [-0.39, 0.29) is 5.56 Å². The third-order valence-corrected chi connectivity index (χ3v) is 13.1. The molecule has 0 N–H and O–H groups in total. The number of rotatable bonds is 3. The predicted molar refractivity (Wildman–Crippen MR) is 240 cm³/mol. The lowest BCUT2D eigenvalue weighted by Crippen LogP contribution is -2.25. The molecule has 58 heavy (non-hydrogen) atoms. The normalized spacial score (nSPS) is 13.4. The number of pyridine rings is 1. The molecule has 268 valence electrons. The van der Waals surface area contributed by atoms with Crippen LogP contribution in [0, 0.1) is 0 Å². The van der Waals surface area contributed by atoms with Gasteiger partial charge in [0.05, 0.1) is 16.4 Å². The van der Waals surface area contributed by atoms with E-state index in [1.54, 1.807) is 0 Å². The first-order valence-electron chi connectivity index (χ1n) is 20.1. The fraction of sp³-hybridized carbons (Fsp3) is 0.0179. The molecule has 0 saturated carbocycles. The van der Waals surface area contributed by atoms with Gasteiger partial charge in [-0.1, -0.05) is 164 Å². The predicted octanol–water partition coefficient (Wildman–Crippen LogP) is 13.5. The number of benzene rings is 9. The standard InChI is InChI=1S/C56H33NO/c58-55-44-22-8-7-19-40(44)46-32-39(38-30-36(34-15-3-1-4-16-34)29-37(31-38)35-17-5-2-6-18-35)33-47-43-27-28-51-52(54(43)57(55)53(46)47)45-23-11-14-26-50(45)56(51)48-24-12-9-20-41(48)42-21-10-13-25-49(42)56/h1-33H. The third-order valence-electron chi connectivity index (χ3n) is 13.1. The van der Waals surface area contributed by atoms with Gasteiger partial charge < -0.3 is 0 Å². The highest BCUT2D eigenvalue weighted by Gasteiger charge is 2.52. The van der Waals surface area contributed by atoms with Crippen molar-refractivity contribution in [3.05, 3.63) is 233 Å². The number of hydrogen-bond acceptors (Lipinski definition) is 1. The summed E-state index contributed by atoms with van der Waals surface area (Å²) >= 11 is 0. The van der Waals surface area contributed by atoms with Crippen molar-refractivity contribution in [3.8, 4) is 55.6 Å². The summed E-state index contributed by atoms with van der Waals surface area (Å²) in [5.41, 5.74) is 18.4. The Hall–Kier alpha value is -7.55. The van der Waals surface area contributed by atoms with Crippen LogP contribution in [-0.2, 0) is 5.41 Å². The van der Waals surface area contributed by atoms with Crippen molar-refractivity contribution in [2.24, 2.45) is 0 Å². The zero-order valence-corrected chi connectivity index (χ0v) is 31.4. The van der Waals surface area contributed by atoms with E-state index < -0.39 is 5.41 Å². The molecule has 2 aromatic heterocycles. The van der Waals surface area contributed by atoms with Crippen LogP contribution >= 0.6 is 0 Å². The van der Waals surface area contributed by atoms with Crippen molar-refractivity contribution in [2.75, 3.05) is 0 Å². The van der Waals surface area contributed by atoms with Crippen molar-refractivity contribution in [2.45, 2.75) is 5.41 Å². The summed E-state index contributed by atoms with van der Waals surface area (Å²) in [5, 5.41) is 4.96. The van der Waals surface area contributed by atoms with Gasteiger partial charge in [0, 0.05) is 27.1 Å². The summed E-state index contributed by atoms with van der Waals surface area (Å²) in [7, 11) is 0. The van der Waals surface area contributed by atoms with E-state index in [9.17, 15) is 0 Å². The van der Waals surface area contributed by atoms with Crippen LogP contribution in [-0.4, -0.2) is 4.40 Å². The Kier molecular flexibility index (Phi) is 6.27. The zero-order chi connectivity index (χ0) is 38.1. The van der Waals surface area contributed by atoms with Crippen LogP contribution in [0.1, 0.15) is 22.3 Å². The smallest absolute Gasteiger partial charge is 0.263 e. The summed E-state index contributed by atoms with van der Waals surface area (Å²) < 4.78 is 2.06. The Labute approximate surface area is 334 Å². The highest BCUT2D eigenvalue weighted by molar-refractivity contribution is 6.24. The molecule has 2 heteroatoms. The Morgan fingerprint density at radius 1 is 0.310 bits per heavy atom. The lowest BCUT2D eigenvalue weighted by Gasteiger charge is -2.30. The molecule has 0 amide bonds. The topological polar surface area (TPSA) is 21.5 Å². The van der Waals surface area contributed by atoms with Gasteiger partial charge in [0.1, 0.15) is 0 Å². The fourth-order valence-corrected chi connectivity index (χ4v) is 10.8. The molecular weight excluding hydrogens is 703 g/mol. The number of fused-ring (bicyclic) bond motifs is 16. The zero-order valence-electron chi connectivity index (χ0n) is 31.4. The quantitative estimate of drug-likeness (QED) is 0.166. The number of nitrogens with zero attached hydrogens (tertiary/aromatic N) is 1. The van der Waals surface area contributed by atoms with Crippen LogP contribution in [0.3, 0.4) is 0 Å². The van der Waals surface area contributed by atoms with Crippen molar-refractivity contribution < 1.29 is 0 Å². The molecule has 2 heterocycles. The minimum absolute atomic E-state index is 0.0207. The maximum Gasteiger partial charge on any atom is 0.263 e. The summed E-state index contributed by atoms with van der Waals surface area (Å²) in [4.78, 5) is 15.1. The Morgan fingerprint density at radius 3 is 1.36 bits per heavy atom. The molecule has 0 radical (unpaired) electrons. The van der Waals surface area contributed by atoms with Crippen molar-refractivity contribution >= 4 is 38.0 Å². The maximum absolute atomic E-state index is 15.1. The monoisotopic (exact) mass is 735 g/mol. The largest absolute Gasteiger partial charge is 0.274 e. The Morgan fingerprint density at radius 2 is 0.759 bits per heavy atom. The van der Waals surface area contributed by atoms with Crippen LogP contribution in [0.4, 0.5) is 0 Å². The maximum atomic E-state index is 15.1. The first kappa shape index (κ1) is 31.6. The molecule has 2 nitrogen and oxygen atoms in total. The van der Waals surface area contributed by atoms with Gasteiger partial charge in [0.2, 0.25) is 0 Å². The Balaban J connectivity index is 1.18. The van der Waals surface area contributed by atoms with Gasteiger partial charge >= 0.3 is 0 Å².